The van der Waals surface area contributed by atoms with Gasteiger partial charge in [-0.05, 0) is 201 Å². The fourth-order valence-corrected chi connectivity index (χ4v) is 8.15. The Morgan fingerprint density at radius 2 is 0.521 bits per heavy atom. The molecule has 0 aliphatic rings. The first-order valence-electron chi connectivity index (χ1n) is 16.5. The molecule has 11 aromatic carbocycles. The number of rotatable bonds is 0. The second kappa shape index (κ2) is 9.12. The maximum atomic E-state index is 6.96. The van der Waals surface area contributed by atoms with Crippen molar-refractivity contribution in [2.75, 3.05) is 11.5 Å². The van der Waals surface area contributed by atoms with Crippen molar-refractivity contribution in [3.8, 4) is 0 Å². The van der Waals surface area contributed by atoms with Crippen molar-refractivity contribution in [1.29, 1.82) is 0 Å². The molecule has 2 nitrogen and oxygen atoms in total. The smallest absolute Gasteiger partial charge is 0.0473 e. The van der Waals surface area contributed by atoms with Crippen LogP contribution in [0.25, 0.3) is 108 Å². The van der Waals surface area contributed by atoms with Crippen LogP contribution in [0.2, 0.25) is 0 Å². The van der Waals surface area contributed by atoms with Crippen LogP contribution < -0.4 is 11.5 Å². The molecule has 0 radical (unpaired) electrons. The zero-order valence-electron chi connectivity index (χ0n) is 26.0. The molecule has 222 valence electrons. The molecule has 0 fully saturated rings. The second-order valence-corrected chi connectivity index (χ2v) is 13.5. The molecule has 48 heavy (non-hydrogen) atoms. The van der Waals surface area contributed by atoms with Crippen LogP contribution in [0.4, 0.5) is 11.4 Å². The molecule has 0 aliphatic carbocycles. The molecule has 0 spiro atoms. The van der Waals surface area contributed by atoms with Crippen LogP contribution in [-0.2, 0) is 0 Å². The van der Waals surface area contributed by atoms with Gasteiger partial charge in [0, 0.05) is 27.5 Å². The summed E-state index contributed by atoms with van der Waals surface area (Å²) < 4.78 is 0. The van der Waals surface area contributed by atoms with Gasteiger partial charge in [0.05, 0.1) is 0 Å². The second-order valence-electron chi connectivity index (χ2n) is 13.5. The monoisotopic (exact) mass is 608 g/mol. The Balaban J connectivity index is 1.11. The number of fused-ring (bicyclic) bond motifs is 10. The molecule has 4 N–H and O–H groups in total. The highest BCUT2D eigenvalue weighted by atomic mass is 14.6. The number of nitrogens with two attached hydrogens (primary N) is 2. The first-order valence-corrected chi connectivity index (χ1v) is 16.5. The molecule has 0 aromatic heterocycles. The van der Waals surface area contributed by atoms with Crippen molar-refractivity contribution < 1.29 is 0 Å². The minimum atomic E-state index is 0.817. The quantitative estimate of drug-likeness (QED) is 0.133. The van der Waals surface area contributed by atoms with Crippen LogP contribution in [0, 0.1) is 0 Å². The van der Waals surface area contributed by atoms with E-state index in [9.17, 15) is 0 Å². The largest absolute Gasteiger partial charge is 0.398 e. The van der Waals surface area contributed by atoms with Crippen LogP contribution in [0.15, 0.2) is 146 Å². The van der Waals surface area contributed by atoms with Gasteiger partial charge in [-0.15, -0.1) is 0 Å². The Labute approximate surface area is 275 Å². The molecule has 0 aliphatic heterocycles. The lowest BCUT2D eigenvalue weighted by Crippen LogP contribution is -1.91. The highest BCUT2D eigenvalue weighted by molar-refractivity contribution is 6.19. The van der Waals surface area contributed by atoms with Crippen molar-refractivity contribution in [2.45, 2.75) is 0 Å². The fraction of sp³-hybridized carbons (Fsp3) is 0. The number of hydrogen-bond acceptors (Lipinski definition) is 2. The summed E-state index contributed by atoms with van der Waals surface area (Å²) in [6, 6.07) is 53.7. The van der Waals surface area contributed by atoms with Gasteiger partial charge in [-0.1, -0.05) is 36.4 Å². The SMILES string of the molecule is Nc1cccc2cc3cc4cc5cc6cc7cc8c(N)c9cc%10cc%11ccccc%11cc%10cc9cc8cc7cc6cc5cc4cc3cc12. The first kappa shape index (κ1) is 25.8. The third-order valence-electron chi connectivity index (χ3n) is 10.6. The Morgan fingerprint density at radius 1 is 0.229 bits per heavy atom. The molecule has 2 heteroatoms. The summed E-state index contributed by atoms with van der Waals surface area (Å²) in [6.07, 6.45) is 0. The van der Waals surface area contributed by atoms with Crippen molar-refractivity contribution in [3.63, 3.8) is 0 Å². The Morgan fingerprint density at radius 3 is 0.958 bits per heavy atom. The Bertz CT molecular complexity index is 3240. The van der Waals surface area contributed by atoms with Crippen molar-refractivity contribution in [3.05, 3.63) is 146 Å². The van der Waals surface area contributed by atoms with Crippen molar-refractivity contribution >= 4 is 119 Å². The number of nitrogen functional groups attached to an aromatic ring is 2. The van der Waals surface area contributed by atoms with Crippen LogP contribution >= 0.6 is 0 Å². The number of benzene rings is 11. The van der Waals surface area contributed by atoms with E-state index in [0.29, 0.717) is 0 Å². The van der Waals surface area contributed by atoms with E-state index in [1.54, 1.807) is 0 Å². The molecule has 0 saturated heterocycles. The summed E-state index contributed by atoms with van der Waals surface area (Å²) in [5.74, 6) is 0. The molecule has 0 heterocycles. The first-order chi connectivity index (χ1) is 23.5. The lowest BCUT2D eigenvalue weighted by Gasteiger charge is -2.12. The minimum absolute atomic E-state index is 0.817. The standard InChI is InChI=1S/C46H28N2/c47-45-7-3-6-27-10-29-11-30-12-31-15-35-18-39-24-44-41(20-36(39)16-33(35)13-32(31)14-34(30)17-38(29)22-42(27)45)21-40-19-28-8-25-4-1-2-5-26(25)9-37(28)23-43(40)46(44)48/h1-24H,47-48H2. The van der Waals surface area contributed by atoms with Gasteiger partial charge >= 0.3 is 0 Å². The van der Waals surface area contributed by atoms with Crippen LogP contribution in [0.3, 0.4) is 0 Å². The van der Waals surface area contributed by atoms with Crippen LogP contribution in [0.5, 0.6) is 0 Å². The third kappa shape index (κ3) is 3.69. The zero-order chi connectivity index (χ0) is 31.7. The van der Waals surface area contributed by atoms with Gasteiger partial charge < -0.3 is 11.5 Å². The molecule has 0 saturated carbocycles. The third-order valence-corrected chi connectivity index (χ3v) is 10.6. The van der Waals surface area contributed by atoms with Crippen LogP contribution in [0.1, 0.15) is 0 Å². The molecule has 11 rings (SSSR count). The average molecular weight is 609 g/mol. The van der Waals surface area contributed by atoms with Gasteiger partial charge in [-0.25, -0.2) is 0 Å². The molecular weight excluding hydrogens is 581 g/mol. The Hall–Kier alpha value is -6.38. The summed E-state index contributed by atoms with van der Waals surface area (Å²) in [4.78, 5) is 0. The van der Waals surface area contributed by atoms with Gasteiger partial charge in [0.2, 0.25) is 0 Å². The van der Waals surface area contributed by atoms with E-state index in [0.717, 1.165) is 27.5 Å². The minimum Gasteiger partial charge on any atom is -0.398 e. The maximum Gasteiger partial charge on any atom is 0.0473 e. The predicted octanol–water partition coefficient (Wildman–Crippen LogP) is 12.4. The van der Waals surface area contributed by atoms with E-state index in [1.807, 2.05) is 12.1 Å². The lowest BCUT2D eigenvalue weighted by molar-refractivity contribution is 1.76. The highest BCUT2D eigenvalue weighted by Crippen LogP contribution is 2.39. The van der Waals surface area contributed by atoms with E-state index >= 15 is 0 Å². The summed E-state index contributed by atoms with van der Waals surface area (Å²) in [5, 5.41) is 24.0. The van der Waals surface area contributed by atoms with Crippen molar-refractivity contribution in [1.82, 2.24) is 0 Å². The van der Waals surface area contributed by atoms with Crippen LogP contribution in [-0.4, -0.2) is 0 Å². The van der Waals surface area contributed by atoms with Gasteiger partial charge in [0.15, 0.2) is 0 Å². The topological polar surface area (TPSA) is 52.0 Å². The summed E-state index contributed by atoms with van der Waals surface area (Å²) in [6.45, 7) is 0. The van der Waals surface area contributed by atoms with E-state index in [2.05, 4.69) is 133 Å². The lowest BCUT2D eigenvalue weighted by atomic mass is 9.93. The van der Waals surface area contributed by atoms with E-state index in [4.69, 9.17) is 11.5 Å². The van der Waals surface area contributed by atoms with E-state index < -0.39 is 0 Å². The molecule has 0 amide bonds. The summed E-state index contributed by atoms with van der Waals surface area (Å²) in [7, 11) is 0. The Kier molecular flexibility index (Phi) is 4.90. The maximum absolute atomic E-state index is 6.96. The summed E-state index contributed by atoms with van der Waals surface area (Å²) in [5.41, 5.74) is 14.9. The number of hydrogen-bond donors (Lipinski definition) is 2. The average Bonchev–Trinajstić information content (AvgIpc) is 3.09. The predicted molar refractivity (Wildman–Crippen MR) is 210 cm³/mol. The summed E-state index contributed by atoms with van der Waals surface area (Å²) >= 11 is 0. The fourth-order valence-electron chi connectivity index (χ4n) is 8.15. The zero-order valence-corrected chi connectivity index (χ0v) is 26.0. The molecule has 0 atom stereocenters. The highest BCUT2D eigenvalue weighted by Gasteiger charge is 2.11. The normalized spacial score (nSPS) is 12.3. The molecule has 11 aromatic rings. The van der Waals surface area contributed by atoms with Gasteiger partial charge in [0.1, 0.15) is 0 Å². The molecule has 0 unspecified atom stereocenters. The van der Waals surface area contributed by atoms with Gasteiger partial charge in [-0.2, -0.15) is 0 Å². The van der Waals surface area contributed by atoms with E-state index in [-0.39, 0.29) is 0 Å². The number of anilines is 2. The van der Waals surface area contributed by atoms with Gasteiger partial charge in [0.25, 0.3) is 0 Å². The molecular formula is C46H28N2. The van der Waals surface area contributed by atoms with Gasteiger partial charge in [-0.3, -0.25) is 0 Å². The van der Waals surface area contributed by atoms with E-state index in [1.165, 1.54) is 91.6 Å². The molecule has 0 bridgehead atoms. The van der Waals surface area contributed by atoms with Crippen molar-refractivity contribution in [2.24, 2.45) is 0 Å².